The summed E-state index contributed by atoms with van der Waals surface area (Å²) in [5.74, 6) is 1.32. The second-order valence-electron chi connectivity index (χ2n) is 8.79. The van der Waals surface area contributed by atoms with Gasteiger partial charge in [0, 0.05) is 21.7 Å². The van der Waals surface area contributed by atoms with E-state index < -0.39 is 5.97 Å². The van der Waals surface area contributed by atoms with Crippen molar-refractivity contribution in [1.82, 2.24) is 0 Å². The first-order valence-corrected chi connectivity index (χ1v) is 11.8. The molecule has 0 atom stereocenters. The van der Waals surface area contributed by atoms with E-state index in [1.807, 2.05) is 24.3 Å². The van der Waals surface area contributed by atoms with Crippen LogP contribution in [0.25, 0.3) is 0 Å². The van der Waals surface area contributed by atoms with Gasteiger partial charge < -0.3 is 14.2 Å². The maximum Gasteiger partial charge on any atom is 0.315 e. The molecule has 33 heavy (non-hydrogen) atoms. The average molecular weight is 485 g/mol. The van der Waals surface area contributed by atoms with Crippen molar-refractivity contribution in [3.8, 4) is 17.2 Å². The van der Waals surface area contributed by atoms with Crippen LogP contribution in [-0.2, 0) is 24.2 Å². The maximum atomic E-state index is 13.1. The maximum absolute atomic E-state index is 13.1. The van der Waals surface area contributed by atoms with Crippen LogP contribution in [0, 0.1) is 5.41 Å². The number of hydrogen-bond acceptors (Lipinski definition) is 6. The highest BCUT2D eigenvalue weighted by atomic mass is 35.5. The van der Waals surface area contributed by atoms with Gasteiger partial charge in [0.25, 0.3) is 0 Å². The Morgan fingerprint density at radius 1 is 1.06 bits per heavy atom. The van der Waals surface area contributed by atoms with E-state index in [0.29, 0.717) is 34.1 Å². The summed E-state index contributed by atoms with van der Waals surface area (Å²) in [5, 5.41) is 0.360. The minimum Gasteiger partial charge on any atom is -0.497 e. The summed E-state index contributed by atoms with van der Waals surface area (Å²) in [7, 11) is 1.61. The van der Waals surface area contributed by atoms with Gasteiger partial charge in [0.15, 0.2) is 5.78 Å². The van der Waals surface area contributed by atoms with Gasteiger partial charge in [0.2, 0.25) is 0 Å². The lowest BCUT2D eigenvalue weighted by molar-refractivity contribution is -0.133. The summed E-state index contributed by atoms with van der Waals surface area (Å²) in [6, 6.07) is 14.1. The molecule has 1 aliphatic rings. The number of hydrogen-bond donors (Lipinski definition) is 0. The molecule has 0 unspecified atom stereocenters. The molecule has 0 spiro atoms. The summed E-state index contributed by atoms with van der Waals surface area (Å²) in [6.45, 7) is 4.44. The molecule has 0 amide bonds. The third-order valence-electron chi connectivity index (χ3n) is 5.53. The second-order valence-corrected chi connectivity index (χ2v) is 10.4. The number of benzene rings is 2. The Balaban J connectivity index is 1.60. The Bertz CT molecular complexity index is 1180. The SMILES string of the molecule is COc1ccc(OCc2sc3c(c2CC(=O)Oc2ccccc2Cl)C(=O)CC(C)(C)C3)cc1. The fourth-order valence-electron chi connectivity index (χ4n) is 3.99. The van der Waals surface area contributed by atoms with E-state index in [1.165, 1.54) is 0 Å². The Morgan fingerprint density at radius 2 is 1.76 bits per heavy atom. The summed E-state index contributed by atoms with van der Waals surface area (Å²) in [6.07, 6.45) is 1.21. The predicted octanol–water partition coefficient (Wildman–Crippen LogP) is 6.29. The van der Waals surface area contributed by atoms with E-state index in [9.17, 15) is 9.59 Å². The van der Waals surface area contributed by atoms with Gasteiger partial charge in [0.1, 0.15) is 23.9 Å². The Kier molecular flexibility index (Phi) is 6.77. The van der Waals surface area contributed by atoms with Crippen LogP contribution >= 0.6 is 22.9 Å². The first-order valence-electron chi connectivity index (χ1n) is 10.6. The minimum absolute atomic E-state index is 0.0233. The zero-order chi connectivity index (χ0) is 23.6. The van der Waals surface area contributed by atoms with Crippen LogP contribution in [0.4, 0.5) is 0 Å². The van der Waals surface area contributed by atoms with E-state index in [0.717, 1.165) is 21.9 Å². The Labute approximate surface area is 202 Å². The molecule has 1 aromatic heterocycles. The normalized spacial score (nSPS) is 14.5. The van der Waals surface area contributed by atoms with Crippen LogP contribution in [0.3, 0.4) is 0 Å². The largest absolute Gasteiger partial charge is 0.497 e. The van der Waals surface area contributed by atoms with Crippen molar-refractivity contribution in [1.29, 1.82) is 0 Å². The zero-order valence-corrected chi connectivity index (χ0v) is 20.3. The van der Waals surface area contributed by atoms with Gasteiger partial charge in [-0.25, -0.2) is 0 Å². The summed E-state index contributed by atoms with van der Waals surface area (Å²) < 4.78 is 16.7. The fourth-order valence-corrected chi connectivity index (χ4v) is 5.68. The number of methoxy groups -OCH3 is 1. The van der Waals surface area contributed by atoms with Crippen LogP contribution in [-0.4, -0.2) is 18.9 Å². The molecule has 0 N–H and O–H groups in total. The van der Waals surface area contributed by atoms with E-state index in [1.54, 1.807) is 42.7 Å². The second kappa shape index (κ2) is 9.57. The molecule has 3 aromatic rings. The van der Waals surface area contributed by atoms with Gasteiger partial charge in [0.05, 0.1) is 18.6 Å². The molecule has 2 aromatic carbocycles. The Morgan fingerprint density at radius 3 is 2.45 bits per heavy atom. The van der Waals surface area contributed by atoms with E-state index >= 15 is 0 Å². The van der Waals surface area contributed by atoms with Crippen molar-refractivity contribution in [2.24, 2.45) is 5.41 Å². The number of rotatable bonds is 7. The highest BCUT2D eigenvalue weighted by Gasteiger charge is 2.36. The van der Waals surface area contributed by atoms with Crippen molar-refractivity contribution >= 4 is 34.7 Å². The van der Waals surface area contributed by atoms with Crippen molar-refractivity contribution in [2.45, 2.75) is 39.7 Å². The number of thiophene rings is 1. The number of carbonyl (C=O) groups is 2. The van der Waals surface area contributed by atoms with Gasteiger partial charge in [-0.1, -0.05) is 37.6 Å². The number of carbonyl (C=O) groups excluding carboxylic acids is 2. The molecular weight excluding hydrogens is 460 g/mol. The summed E-state index contributed by atoms with van der Waals surface area (Å²) in [5.41, 5.74) is 1.24. The first kappa shape index (κ1) is 23.3. The lowest BCUT2D eigenvalue weighted by Gasteiger charge is -2.28. The first-order chi connectivity index (χ1) is 15.8. The highest BCUT2D eigenvalue weighted by molar-refractivity contribution is 7.12. The van der Waals surface area contributed by atoms with Crippen molar-refractivity contribution in [3.63, 3.8) is 0 Å². The number of halogens is 1. The third-order valence-corrected chi connectivity index (χ3v) is 7.05. The molecule has 1 aliphatic carbocycles. The molecule has 0 radical (unpaired) electrons. The molecular formula is C26H25ClO5S. The number of Topliss-reactive ketones (excluding diaryl/α,β-unsaturated/α-hetero) is 1. The Hall–Kier alpha value is -2.83. The van der Waals surface area contributed by atoms with E-state index in [-0.39, 0.29) is 24.2 Å². The van der Waals surface area contributed by atoms with E-state index in [4.69, 9.17) is 25.8 Å². The standard InChI is InChI=1S/C26H25ClO5S/c1-26(2)13-20(28)25-18(12-24(29)32-21-7-5-4-6-19(21)27)23(33-22(25)14-26)15-31-17-10-8-16(30-3)9-11-17/h4-11H,12-15H2,1-3H3. The quantitative estimate of drug-likeness (QED) is 0.291. The molecule has 0 saturated carbocycles. The van der Waals surface area contributed by atoms with Crippen molar-refractivity contribution in [2.75, 3.05) is 7.11 Å². The van der Waals surface area contributed by atoms with Crippen LogP contribution in [0.15, 0.2) is 48.5 Å². The molecule has 0 bridgehead atoms. The zero-order valence-electron chi connectivity index (χ0n) is 18.8. The molecule has 0 saturated heterocycles. The van der Waals surface area contributed by atoms with Gasteiger partial charge in [-0.15, -0.1) is 11.3 Å². The minimum atomic E-state index is -0.466. The van der Waals surface area contributed by atoms with Crippen LogP contribution in [0.5, 0.6) is 17.2 Å². The number of fused-ring (bicyclic) bond motifs is 1. The molecule has 4 rings (SSSR count). The molecule has 5 nitrogen and oxygen atoms in total. The molecule has 172 valence electrons. The molecule has 0 aliphatic heterocycles. The third kappa shape index (κ3) is 5.40. The van der Waals surface area contributed by atoms with Crippen molar-refractivity contribution in [3.05, 3.63) is 74.4 Å². The van der Waals surface area contributed by atoms with Crippen LogP contribution in [0.2, 0.25) is 5.02 Å². The van der Waals surface area contributed by atoms with Gasteiger partial charge >= 0.3 is 5.97 Å². The smallest absolute Gasteiger partial charge is 0.315 e. The predicted molar refractivity (Wildman–Crippen MR) is 129 cm³/mol. The fraction of sp³-hybridized carbons (Fsp3) is 0.308. The van der Waals surface area contributed by atoms with Crippen molar-refractivity contribution < 1.29 is 23.8 Å². The number of ketones is 1. The molecule has 1 heterocycles. The molecule has 7 heteroatoms. The lowest BCUT2D eigenvalue weighted by atomic mass is 9.76. The topological polar surface area (TPSA) is 61.8 Å². The monoisotopic (exact) mass is 484 g/mol. The number of ether oxygens (including phenoxy) is 3. The summed E-state index contributed by atoms with van der Waals surface area (Å²) >= 11 is 7.67. The molecule has 0 fully saturated rings. The van der Waals surface area contributed by atoms with Crippen LogP contribution < -0.4 is 14.2 Å². The lowest BCUT2D eigenvalue weighted by Crippen LogP contribution is -2.27. The van der Waals surface area contributed by atoms with E-state index in [2.05, 4.69) is 13.8 Å². The number of esters is 1. The van der Waals surface area contributed by atoms with Gasteiger partial charge in [-0.3, -0.25) is 9.59 Å². The highest BCUT2D eigenvalue weighted by Crippen LogP contribution is 2.42. The summed E-state index contributed by atoms with van der Waals surface area (Å²) in [4.78, 5) is 27.7. The van der Waals surface area contributed by atoms with Gasteiger partial charge in [-0.2, -0.15) is 0 Å². The van der Waals surface area contributed by atoms with Crippen LogP contribution in [0.1, 0.15) is 45.9 Å². The number of para-hydroxylation sites is 1. The average Bonchev–Trinajstić information content (AvgIpc) is 3.10. The van der Waals surface area contributed by atoms with Gasteiger partial charge in [-0.05, 0) is 53.8 Å².